The molecule has 2 heterocycles. The third-order valence-corrected chi connectivity index (χ3v) is 4.49. The zero-order valence-electron chi connectivity index (χ0n) is 13.7. The van der Waals surface area contributed by atoms with Gasteiger partial charge in [-0.3, -0.25) is 9.88 Å². The van der Waals surface area contributed by atoms with Crippen LogP contribution in [-0.2, 0) is 19.5 Å². The zero-order valence-corrected chi connectivity index (χ0v) is 13.7. The number of hydrogen-bond acceptors (Lipinski definition) is 3. The number of aryl methyl sites for hydroxylation is 2. The summed E-state index contributed by atoms with van der Waals surface area (Å²) in [6.45, 7) is 14.4. The molecule has 1 aliphatic heterocycles. The largest absolute Gasteiger partial charge is 0.307 e. The standard InChI is InChI=1S/C17H29N3/c1-6-20(12(2)3)14(5)7-8-15-9-13(4)16-10-18-11-17(16)19-15/h9,12,14,18H,6-8,10-11H2,1-5H3. The Morgan fingerprint density at radius 2 is 2.05 bits per heavy atom. The predicted octanol–water partition coefficient (Wildman–Crippen LogP) is 3.04. The van der Waals surface area contributed by atoms with E-state index in [9.17, 15) is 0 Å². The van der Waals surface area contributed by atoms with E-state index in [-0.39, 0.29) is 0 Å². The van der Waals surface area contributed by atoms with Gasteiger partial charge in [-0.1, -0.05) is 6.92 Å². The third kappa shape index (κ3) is 3.39. The molecule has 2 rings (SSSR count). The summed E-state index contributed by atoms with van der Waals surface area (Å²) in [4.78, 5) is 7.39. The minimum absolute atomic E-state index is 0.619. The fourth-order valence-corrected chi connectivity index (χ4v) is 3.37. The van der Waals surface area contributed by atoms with Gasteiger partial charge in [0.25, 0.3) is 0 Å². The lowest BCUT2D eigenvalue weighted by Gasteiger charge is -2.31. The van der Waals surface area contributed by atoms with Crippen molar-refractivity contribution in [1.29, 1.82) is 0 Å². The molecule has 112 valence electrons. The Bertz CT molecular complexity index is 454. The lowest BCUT2D eigenvalue weighted by molar-refractivity contribution is 0.165. The summed E-state index contributed by atoms with van der Waals surface area (Å²) in [7, 11) is 0. The van der Waals surface area contributed by atoms with Gasteiger partial charge >= 0.3 is 0 Å². The molecule has 20 heavy (non-hydrogen) atoms. The van der Waals surface area contributed by atoms with Crippen LogP contribution in [0.3, 0.4) is 0 Å². The van der Waals surface area contributed by atoms with Gasteiger partial charge in [0.1, 0.15) is 0 Å². The van der Waals surface area contributed by atoms with Gasteiger partial charge in [-0.25, -0.2) is 0 Å². The van der Waals surface area contributed by atoms with Crippen LogP contribution in [0.4, 0.5) is 0 Å². The second kappa shape index (κ2) is 6.68. The van der Waals surface area contributed by atoms with Crippen molar-refractivity contribution in [2.24, 2.45) is 0 Å². The van der Waals surface area contributed by atoms with Crippen molar-refractivity contribution >= 4 is 0 Å². The van der Waals surface area contributed by atoms with Crippen LogP contribution < -0.4 is 5.32 Å². The average Bonchev–Trinajstić information content (AvgIpc) is 2.85. The van der Waals surface area contributed by atoms with Crippen LogP contribution in [-0.4, -0.2) is 28.5 Å². The Morgan fingerprint density at radius 3 is 2.70 bits per heavy atom. The number of hydrogen-bond donors (Lipinski definition) is 1. The fraction of sp³-hybridized carbons (Fsp3) is 0.706. The molecule has 0 spiro atoms. The molecule has 0 aliphatic carbocycles. The Morgan fingerprint density at radius 1 is 1.30 bits per heavy atom. The maximum absolute atomic E-state index is 4.84. The zero-order chi connectivity index (χ0) is 14.7. The molecule has 0 aromatic carbocycles. The molecule has 0 saturated heterocycles. The van der Waals surface area contributed by atoms with E-state index in [0.717, 1.165) is 26.1 Å². The molecule has 0 bridgehead atoms. The molecule has 1 aromatic rings. The van der Waals surface area contributed by atoms with Crippen molar-refractivity contribution in [3.05, 3.63) is 28.6 Å². The maximum Gasteiger partial charge on any atom is 0.0592 e. The van der Waals surface area contributed by atoms with E-state index < -0.39 is 0 Å². The van der Waals surface area contributed by atoms with E-state index in [4.69, 9.17) is 4.98 Å². The number of nitrogens with zero attached hydrogens (tertiary/aromatic N) is 2. The molecule has 0 saturated carbocycles. The predicted molar refractivity (Wildman–Crippen MR) is 84.8 cm³/mol. The molecule has 3 heteroatoms. The first-order valence-electron chi connectivity index (χ1n) is 7.97. The molecule has 0 fully saturated rings. The van der Waals surface area contributed by atoms with Crippen molar-refractivity contribution in [3.63, 3.8) is 0 Å². The Balaban J connectivity index is 1.99. The van der Waals surface area contributed by atoms with E-state index in [1.54, 1.807) is 0 Å². The number of pyridine rings is 1. The summed E-state index contributed by atoms with van der Waals surface area (Å²) < 4.78 is 0. The van der Waals surface area contributed by atoms with E-state index in [1.807, 2.05) is 0 Å². The van der Waals surface area contributed by atoms with Crippen LogP contribution in [0.5, 0.6) is 0 Å². The molecular formula is C17H29N3. The van der Waals surface area contributed by atoms with E-state index in [2.05, 4.69) is 50.9 Å². The molecule has 0 radical (unpaired) electrons. The summed E-state index contributed by atoms with van der Waals surface area (Å²) in [5.41, 5.74) is 5.35. The fourth-order valence-electron chi connectivity index (χ4n) is 3.37. The summed E-state index contributed by atoms with van der Waals surface area (Å²) in [6, 6.07) is 3.52. The van der Waals surface area contributed by atoms with Crippen LogP contribution in [0.25, 0.3) is 0 Å². The van der Waals surface area contributed by atoms with Crippen molar-refractivity contribution in [2.45, 2.75) is 72.6 Å². The first-order valence-corrected chi connectivity index (χ1v) is 7.97. The van der Waals surface area contributed by atoms with Crippen molar-refractivity contribution in [2.75, 3.05) is 6.54 Å². The van der Waals surface area contributed by atoms with Crippen molar-refractivity contribution in [1.82, 2.24) is 15.2 Å². The highest BCUT2D eigenvalue weighted by Crippen LogP contribution is 2.20. The molecule has 1 aliphatic rings. The smallest absolute Gasteiger partial charge is 0.0592 e. The van der Waals surface area contributed by atoms with Crippen molar-refractivity contribution < 1.29 is 0 Å². The van der Waals surface area contributed by atoms with Crippen LogP contribution >= 0.6 is 0 Å². The first-order chi connectivity index (χ1) is 9.52. The van der Waals surface area contributed by atoms with Crippen LogP contribution in [0.15, 0.2) is 6.07 Å². The highest BCUT2D eigenvalue weighted by Gasteiger charge is 2.17. The van der Waals surface area contributed by atoms with E-state index in [0.29, 0.717) is 12.1 Å². The number of aromatic nitrogens is 1. The van der Waals surface area contributed by atoms with Gasteiger partial charge in [0.2, 0.25) is 0 Å². The second-order valence-electron chi connectivity index (χ2n) is 6.27. The van der Waals surface area contributed by atoms with Crippen LogP contribution in [0.2, 0.25) is 0 Å². The molecule has 1 atom stereocenters. The van der Waals surface area contributed by atoms with E-state index in [1.165, 1.54) is 28.9 Å². The van der Waals surface area contributed by atoms with Gasteiger partial charge in [-0.15, -0.1) is 0 Å². The quantitative estimate of drug-likeness (QED) is 0.865. The summed E-state index contributed by atoms with van der Waals surface area (Å²) in [6.07, 6.45) is 2.27. The normalized spacial score (nSPS) is 15.9. The highest BCUT2D eigenvalue weighted by atomic mass is 15.2. The van der Waals surface area contributed by atoms with Crippen LogP contribution in [0.1, 0.15) is 56.6 Å². The Kier molecular flexibility index (Phi) is 5.17. The lowest BCUT2D eigenvalue weighted by atomic mass is 10.0. The van der Waals surface area contributed by atoms with Gasteiger partial charge in [0.15, 0.2) is 0 Å². The highest BCUT2D eigenvalue weighted by molar-refractivity contribution is 5.34. The minimum atomic E-state index is 0.619. The Labute approximate surface area is 123 Å². The maximum atomic E-state index is 4.84. The minimum Gasteiger partial charge on any atom is -0.307 e. The SMILES string of the molecule is CCN(C(C)C)C(C)CCc1cc(C)c2c(n1)CNC2. The topological polar surface area (TPSA) is 28.2 Å². The number of fused-ring (bicyclic) bond motifs is 1. The molecule has 3 nitrogen and oxygen atoms in total. The first kappa shape index (κ1) is 15.5. The second-order valence-corrected chi connectivity index (χ2v) is 6.27. The monoisotopic (exact) mass is 275 g/mol. The average molecular weight is 275 g/mol. The van der Waals surface area contributed by atoms with Crippen molar-refractivity contribution in [3.8, 4) is 0 Å². The summed E-state index contributed by atoms with van der Waals surface area (Å²) in [5.74, 6) is 0. The van der Waals surface area contributed by atoms with Crippen LogP contribution in [0, 0.1) is 6.92 Å². The number of nitrogens with one attached hydrogen (secondary N) is 1. The third-order valence-electron chi connectivity index (χ3n) is 4.49. The molecule has 1 aromatic heterocycles. The molecule has 0 amide bonds. The van der Waals surface area contributed by atoms with Gasteiger partial charge in [-0.2, -0.15) is 0 Å². The molecular weight excluding hydrogens is 246 g/mol. The molecule has 1 N–H and O–H groups in total. The molecule has 1 unspecified atom stereocenters. The van der Waals surface area contributed by atoms with E-state index >= 15 is 0 Å². The summed E-state index contributed by atoms with van der Waals surface area (Å²) >= 11 is 0. The lowest BCUT2D eigenvalue weighted by Crippen LogP contribution is -2.38. The van der Waals surface area contributed by atoms with Gasteiger partial charge in [0.05, 0.1) is 5.69 Å². The van der Waals surface area contributed by atoms with Gasteiger partial charge in [0, 0.05) is 30.9 Å². The number of rotatable bonds is 6. The van der Waals surface area contributed by atoms with Gasteiger partial charge in [-0.05, 0) is 64.3 Å². The Hall–Kier alpha value is -0.930. The van der Waals surface area contributed by atoms with Gasteiger partial charge < -0.3 is 5.32 Å². The summed E-state index contributed by atoms with van der Waals surface area (Å²) in [5, 5.41) is 3.39.